The molecule has 0 amide bonds. The van der Waals surface area contributed by atoms with E-state index in [-0.39, 0.29) is 0 Å². The van der Waals surface area contributed by atoms with Gasteiger partial charge in [0.15, 0.2) is 5.60 Å². The maximum Gasteiger partial charge on any atom is 0.340 e. The maximum atomic E-state index is 11.9. The van der Waals surface area contributed by atoms with Crippen molar-refractivity contribution in [2.75, 3.05) is 19.7 Å². The highest BCUT2D eigenvalue weighted by atomic mass is 35.5. The van der Waals surface area contributed by atoms with E-state index in [2.05, 4.69) is 10.3 Å². The Bertz CT molecular complexity index is 600. The van der Waals surface area contributed by atoms with E-state index < -0.39 is 11.6 Å². The van der Waals surface area contributed by atoms with Gasteiger partial charge in [0.1, 0.15) is 5.69 Å². The van der Waals surface area contributed by atoms with Crippen LogP contribution in [0.4, 0.5) is 5.69 Å². The summed E-state index contributed by atoms with van der Waals surface area (Å²) >= 11 is 12.3. The van der Waals surface area contributed by atoms with Crippen molar-refractivity contribution in [3.63, 3.8) is 0 Å². The topological polar surface area (TPSA) is 63.2 Å². The lowest BCUT2D eigenvalue weighted by atomic mass is 10.1. The van der Waals surface area contributed by atoms with Gasteiger partial charge in [0.25, 0.3) is 0 Å². The Labute approximate surface area is 145 Å². The first-order chi connectivity index (χ1) is 10.8. The molecule has 1 saturated heterocycles. The number of rotatable bonds is 5. The average Bonchev–Trinajstić information content (AvgIpc) is 2.89. The zero-order valence-electron chi connectivity index (χ0n) is 13.2. The number of benzene rings is 1. The van der Waals surface area contributed by atoms with E-state index >= 15 is 0 Å². The molecule has 1 aromatic rings. The maximum absolute atomic E-state index is 11.9. The van der Waals surface area contributed by atoms with Gasteiger partial charge in [-0.25, -0.2) is 14.9 Å². The van der Waals surface area contributed by atoms with Crippen molar-refractivity contribution in [3.05, 3.63) is 28.2 Å². The summed E-state index contributed by atoms with van der Waals surface area (Å²) < 4.78 is 5.02. The molecular weight excluding hydrogens is 341 g/mol. The summed E-state index contributed by atoms with van der Waals surface area (Å²) in [5.74, 6) is -0.000556. The fourth-order valence-electron chi connectivity index (χ4n) is 1.97. The van der Waals surface area contributed by atoms with Crippen LogP contribution in [0.3, 0.4) is 0 Å². The van der Waals surface area contributed by atoms with Crippen LogP contribution in [0.15, 0.2) is 23.2 Å². The van der Waals surface area contributed by atoms with Crippen molar-refractivity contribution in [3.8, 4) is 0 Å². The highest BCUT2D eigenvalue weighted by molar-refractivity contribution is 6.38. The molecule has 2 rings (SSSR count). The van der Waals surface area contributed by atoms with Crippen LogP contribution in [0.25, 0.3) is 0 Å². The van der Waals surface area contributed by atoms with Gasteiger partial charge in [-0.2, -0.15) is 0 Å². The number of ether oxygens (including phenoxy) is 1. The van der Waals surface area contributed by atoms with Crippen LogP contribution in [0.5, 0.6) is 0 Å². The highest BCUT2D eigenvalue weighted by Crippen LogP contribution is 2.33. The Hall–Kier alpha value is -1.50. The molecule has 0 aromatic heterocycles. The number of hydroxylamine groups is 2. The summed E-state index contributed by atoms with van der Waals surface area (Å²) in [5.41, 5.74) is -0.685. The Morgan fingerprint density at radius 3 is 2.65 bits per heavy atom. The van der Waals surface area contributed by atoms with Crippen molar-refractivity contribution in [2.45, 2.75) is 26.4 Å². The molecule has 8 heteroatoms. The average molecular weight is 360 g/mol. The fourth-order valence-corrected chi connectivity index (χ4v) is 2.45. The summed E-state index contributed by atoms with van der Waals surface area (Å²) in [6.07, 6.45) is 0. The standard InChI is InChI=1S/C15H19Cl2N3O3/c1-4-22-13(21)15(2,3)23-20-9-8-18-14(20)19-12-10(16)6-5-7-11(12)17/h5-7H,4,8-9H2,1-3H3,(H,18,19). The van der Waals surface area contributed by atoms with Gasteiger partial charge in [-0.15, -0.1) is 0 Å². The lowest BCUT2D eigenvalue weighted by Gasteiger charge is -2.28. The van der Waals surface area contributed by atoms with Crippen LogP contribution < -0.4 is 5.32 Å². The normalized spacial score (nSPS) is 16.6. The zero-order valence-corrected chi connectivity index (χ0v) is 14.7. The number of hydrogen-bond acceptors (Lipinski definition) is 4. The summed E-state index contributed by atoms with van der Waals surface area (Å²) in [6, 6.07) is 5.15. The fraction of sp³-hybridized carbons (Fsp3) is 0.467. The molecule has 1 N–H and O–H groups in total. The van der Waals surface area contributed by atoms with Gasteiger partial charge < -0.3 is 10.1 Å². The van der Waals surface area contributed by atoms with Gasteiger partial charge in [-0.1, -0.05) is 29.3 Å². The molecule has 0 radical (unpaired) electrons. The van der Waals surface area contributed by atoms with Crippen molar-refractivity contribution >= 4 is 40.8 Å². The number of aliphatic imine (C=N–C) groups is 1. The lowest BCUT2D eigenvalue weighted by molar-refractivity contribution is -0.210. The highest BCUT2D eigenvalue weighted by Gasteiger charge is 2.36. The number of nitrogens with zero attached hydrogens (tertiary/aromatic N) is 2. The Morgan fingerprint density at radius 1 is 1.39 bits per heavy atom. The van der Waals surface area contributed by atoms with Gasteiger partial charge in [-0.05, 0) is 32.9 Å². The molecule has 0 spiro atoms. The Kier molecular flexibility index (Phi) is 5.73. The van der Waals surface area contributed by atoms with Crippen LogP contribution in [0.1, 0.15) is 20.8 Å². The largest absolute Gasteiger partial charge is 0.464 e. The van der Waals surface area contributed by atoms with E-state index in [0.717, 1.165) is 0 Å². The minimum atomic E-state index is -1.13. The molecule has 1 aromatic carbocycles. The number of hydrogen-bond donors (Lipinski definition) is 1. The number of carbonyl (C=O) groups is 1. The molecule has 0 saturated carbocycles. The molecule has 1 aliphatic rings. The second-order valence-corrected chi connectivity index (χ2v) is 6.17. The van der Waals surface area contributed by atoms with Crippen molar-refractivity contribution in [1.29, 1.82) is 0 Å². The van der Waals surface area contributed by atoms with Gasteiger partial charge in [0, 0.05) is 6.54 Å². The first-order valence-corrected chi connectivity index (χ1v) is 8.01. The summed E-state index contributed by atoms with van der Waals surface area (Å²) in [4.78, 5) is 22.1. The van der Waals surface area contributed by atoms with Crippen molar-refractivity contribution < 1.29 is 14.4 Å². The van der Waals surface area contributed by atoms with E-state index in [0.29, 0.717) is 41.4 Å². The molecule has 1 fully saturated rings. The van der Waals surface area contributed by atoms with E-state index in [9.17, 15) is 4.79 Å². The number of esters is 1. The third-order valence-electron chi connectivity index (χ3n) is 3.09. The van der Waals surface area contributed by atoms with Crippen LogP contribution in [0.2, 0.25) is 10.0 Å². The number of para-hydroxylation sites is 1. The van der Waals surface area contributed by atoms with Gasteiger partial charge >= 0.3 is 5.97 Å². The third kappa shape index (κ3) is 4.28. The number of nitrogens with one attached hydrogen (secondary N) is 1. The molecule has 0 atom stereocenters. The summed E-state index contributed by atoms with van der Waals surface area (Å²) in [5, 5.41) is 5.46. The second-order valence-electron chi connectivity index (χ2n) is 5.36. The van der Waals surface area contributed by atoms with Crippen LogP contribution >= 0.6 is 23.2 Å². The lowest BCUT2D eigenvalue weighted by Crippen LogP contribution is -2.44. The first kappa shape index (κ1) is 17.8. The van der Waals surface area contributed by atoms with Crippen molar-refractivity contribution in [1.82, 2.24) is 10.4 Å². The van der Waals surface area contributed by atoms with Crippen LogP contribution in [0, 0.1) is 0 Å². The molecule has 6 nitrogen and oxygen atoms in total. The molecule has 0 aliphatic carbocycles. The zero-order chi connectivity index (χ0) is 17.0. The summed E-state index contributed by atoms with van der Waals surface area (Å²) in [7, 11) is 0. The van der Waals surface area contributed by atoms with E-state index in [4.69, 9.17) is 32.8 Å². The third-order valence-corrected chi connectivity index (χ3v) is 3.70. The van der Waals surface area contributed by atoms with Gasteiger partial charge in [-0.3, -0.25) is 4.84 Å². The van der Waals surface area contributed by atoms with E-state index in [1.807, 2.05) is 0 Å². The van der Waals surface area contributed by atoms with Gasteiger partial charge in [0.2, 0.25) is 5.96 Å². The SMILES string of the molecule is CCOC(=O)C(C)(C)ON1CCN/C1=N\c1c(Cl)cccc1Cl. The molecule has 1 heterocycles. The quantitative estimate of drug-likeness (QED) is 0.818. The number of guanidine groups is 1. The Morgan fingerprint density at radius 2 is 2.04 bits per heavy atom. The predicted octanol–water partition coefficient (Wildman–Crippen LogP) is 3.16. The monoisotopic (exact) mass is 359 g/mol. The second kappa shape index (κ2) is 7.38. The molecule has 23 heavy (non-hydrogen) atoms. The van der Waals surface area contributed by atoms with Gasteiger partial charge in [0.05, 0.1) is 23.2 Å². The smallest absolute Gasteiger partial charge is 0.340 e. The molecule has 1 aliphatic heterocycles. The molecule has 0 bridgehead atoms. The predicted molar refractivity (Wildman–Crippen MR) is 90.1 cm³/mol. The van der Waals surface area contributed by atoms with Crippen LogP contribution in [-0.4, -0.2) is 42.3 Å². The number of halogens is 2. The minimum Gasteiger partial charge on any atom is -0.464 e. The molecule has 126 valence electrons. The van der Waals surface area contributed by atoms with Crippen LogP contribution in [-0.2, 0) is 14.4 Å². The number of carbonyl (C=O) groups excluding carboxylic acids is 1. The molecular formula is C15H19Cl2N3O3. The van der Waals surface area contributed by atoms with E-state index in [1.54, 1.807) is 39.0 Å². The van der Waals surface area contributed by atoms with Crippen molar-refractivity contribution in [2.24, 2.45) is 4.99 Å². The van der Waals surface area contributed by atoms with E-state index in [1.165, 1.54) is 5.06 Å². The first-order valence-electron chi connectivity index (χ1n) is 7.25. The Balaban J connectivity index is 2.20. The summed E-state index contributed by atoms with van der Waals surface area (Å²) in [6.45, 7) is 6.48. The molecule has 0 unspecified atom stereocenters. The minimum absolute atomic E-state index is 0.292.